The van der Waals surface area contributed by atoms with E-state index in [1.807, 2.05) is 11.6 Å². The van der Waals surface area contributed by atoms with Crippen molar-refractivity contribution < 1.29 is 4.92 Å². The van der Waals surface area contributed by atoms with Crippen molar-refractivity contribution in [1.82, 2.24) is 9.78 Å². The van der Waals surface area contributed by atoms with Crippen LogP contribution in [0.3, 0.4) is 0 Å². The third-order valence-electron chi connectivity index (χ3n) is 3.28. The third kappa shape index (κ3) is 3.35. The Labute approximate surface area is 122 Å². The van der Waals surface area contributed by atoms with Crippen LogP contribution in [0.5, 0.6) is 0 Å². The summed E-state index contributed by atoms with van der Waals surface area (Å²) in [6.45, 7) is 10.7. The minimum absolute atomic E-state index is 0.0770. The molecule has 5 nitrogen and oxygen atoms in total. The number of hydrogen-bond acceptors (Lipinski definition) is 3. The molecule has 0 fully saturated rings. The van der Waals surface area contributed by atoms with E-state index in [1.54, 1.807) is 6.92 Å². The van der Waals surface area contributed by atoms with Crippen LogP contribution < -0.4 is 0 Å². The van der Waals surface area contributed by atoms with E-state index in [1.165, 1.54) is 0 Å². The van der Waals surface area contributed by atoms with Crippen LogP contribution in [-0.4, -0.2) is 19.5 Å². The van der Waals surface area contributed by atoms with E-state index in [0.717, 1.165) is 12.1 Å². The second-order valence-electron chi connectivity index (χ2n) is 5.25. The van der Waals surface area contributed by atoms with Crippen molar-refractivity contribution in [2.45, 2.75) is 58.3 Å². The van der Waals surface area contributed by atoms with Gasteiger partial charge in [0.1, 0.15) is 11.4 Å². The zero-order valence-electron chi connectivity index (χ0n) is 12.2. The summed E-state index contributed by atoms with van der Waals surface area (Å²) in [5.41, 5.74) is 1.44. The van der Waals surface area contributed by atoms with E-state index in [4.69, 9.17) is 0 Å². The zero-order valence-corrected chi connectivity index (χ0v) is 13.8. The number of hydrogen-bond donors (Lipinski definition) is 0. The van der Waals surface area contributed by atoms with Crippen molar-refractivity contribution >= 4 is 21.6 Å². The van der Waals surface area contributed by atoms with Crippen LogP contribution in [0.25, 0.3) is 0 Å². The Hall–Kier alpha value is -0.910. The molecule has 6 heteroatoms. The summed E-state index contributed by atoms with van der Waals surface area (Å²) >= 11 is 3.59. The molecule has 0 saturated carbocycles. The van der Waals surface area contributed by atoms with Gasteiger partial charge in [-0.25, -0.2) is 0 Å². The van der Waals surface area contributed by atoms with E-state index in [9.17, 15) is 10.1 Å². The molecule has 0 aliphatic rings. The van der Waals surface area contributed by atoms with Crippen molar-refractivity contribution in [3.63, 3.8) is 0 Å². The van der Waals surface area contributed by atoms with Crippen molar-refractivity contribution in [2.75, 3.05) is 0 Å². The minimum Gasteiger partial charge on any atom is -0.262 e. The maximum absolute atomic E-state index is 11.3. The standard InChI is InChI=1S/C13H22BrN3O2/c1-6-7-16-13(11(8(2)3)9(4)14)12(17(18)19)10(5)15-16/h8-9,11H,6-7H2,1-5H3. The van der Waals surface area contributed by atoms with Crippen LogP contribution in [-0.2, 0) is 6.54 Å². The molecule has 0 bridgehead atoms. The molecule has 0 aromatic carbocycles. The fraction of sp³-hybridized carbons (Fsp3) is 0.769. The lowest BCUT2D eigenvalue weighted by Gasteiger charge is -2.24. The summed E-state index contributed by atoms with van der Waals surface area (Å²) in [6, 6.07) is 0. The number of aryl methyl sites for hydroxylation is 2. The van der Waals surface area contributed by atoms with Crippen LogP contribution in [0, 0.1) is 23.0 Å². The summed E-state index contributed by atoms with van der Waals surface area (Å²) in [5.74, 6) is 0.382. The second-order valence-corrected chi connectivity index (χ2v) is 6.69. The molecule has 1 heterocycles. The molecule has 0 aliphatic carbocycles. The number of rotatable bonds is 6. The number of nitrogens with zero attached hydrogens (tertiary/aromatic N) is 3. The van der Waals surface area contributed by atoms with E-state index in [-0.39, 0.29) is 21.4 Å². The molecule has 0 saturated heterocycles. The Morgan fingerprint density at radius 3 is 2.37 bits per heavy atom. The predicted molar refractivity (Wildman–Crippen MR) is 79.9 cm³/mol. The Balaban J connectivity index is 3.46. The smallest absolute Gasteiger partial charge is 0.262 e. The van der Waals surface area contributed by atoms with Crippen LogP contribution in [0.2, 0.25) is 0 Å². The van der Waals surface area contributed by atoms with Gasteiger partial charge in [0.2, 0.25) is 0 Å². The first-order valence-electron chi connectivity index (χ1n) is 6.66. The monoisotopic (exact) mass is 331 g/mol. The summed E-state index contributed by atoms with van der Waals surface area (Å²) in [6.07, 6.45) is 0.909. The van der Waals surface area contributed by atoms with Crippen molar-refractivity contribution in [2.24, 2.45) is 5.92 Å². The van der Waals surface area contributed by atoms with Gasteiger partial charge >= 0.3 is 5.69 Å². The SMILES string of the molecule is CCCn1nc(C)c([N+](=O)[O-])c1C(C(C)C)C(C)Br. The lowest BCUT2D eigenvalue weighted by molar-refractivity contribution is -0.386. The molecule has 1 rings (SSSR count). The van der Waals surface area contributed by atoms with Gasteiger partial charge in [0.05, 0.1) is 4.92 Å². The average molecular weight is 332 g/mol. The zero-order chi connectivity index (χ0) is 14.7. The van der Waals surface area contributed by atoms with Gasteiger partial charge in [-0.1, -0.05) is 43.6 Å². The first-order valence-corrected chi connectivity index (χ1v) is 7.58. The highest BCUT2D eigenvalue weighted by Gasteiger charge is 2.34. The fourth-order valence-corrected chi connectivity index (χ4v) is 3.45. The van der Waals surface area contributed by atoms with E-state index in [2.05, 4.69) is 41.8 Å². The molecule has 0 aliphatic heterocycles. The molecule has 0 amide bonds. The molecule has 0 N–H and O–H groups in total. The summed E-state index contributed by atoms with van der Waals surface area (Å²) in [5, 5.41) is 15.7. The summed E-state index contributed by atoms with van der Waals surface area (Å²) < 4.78 is 1.82. The highest BCUT2D eigenvalue weighted by atomic mass is 79.9. The lowest BCUT2D eigenvalue weighted by atomic mass is 9.89. The van der Waals surface area contributed by atoms with Gasteiger partial charge in [-0.3, -0.25) is 14.8 Å². The van der Waals surface area contributed by atoms with Gasteiger partial charge < -0.3 is 0 Å². The largest absolute Gasteiger partial charge is 0.313 e. The molecule has 2 atom stereocenters. The lowest BCUT2D eigenvalue weighted by Crippen LogP contribution is -2.21. The van der Waals surface area contributed by atoms with Gasteiger partial charge in [0.25, 0.3) is 0 Å². The van der Waals surface area contributed by atoms with E-state index < -0.39 is 0 Å². The van der Waals surface area contributed by atoms with Crippen molar-refractivity contribution in [3.8, 4) is 0 Å². The van der Waals surface area contributed by atoms with Crippen LogP contribution >= 0.6 is 15.9 Å². The summed E-state index contributed by atoms with van der Waals surface area (Å²) in [7, 11) is 0. The van der Waals surface area contributed by atoms with Crippen molar-refractivity contribution in [1.29, 1.82) is 0 Å². The van der Waals surface area contributed by atoms with Crippen LogP contribution in [0.4, 0.5) is 5.69 Å². The average Bonchev–Trinajstić information content (AvgIpc) is 2.55. The normalized spacial score (nSPS) is 14.7. The topological polar surface area (TPSA) is 61.0 Å². The fourth-order valence-electron chi connectivity index (χ4n) is 2.59. The molecule has 1 aromatic heterocycles. The Bertz CT molecular complexity index is 447. The number of aromatic nitrogens is 2. The molecule has 1 aromatic rings. The van der Waals surface area contributed by atoms with Crippen molar-refractivity contribution in [3.05, 3.63) is 21.5 Å². The maximum atomic E-state index is 11.3. The molecule has 19 heavy (non-hydrogen) atoms. The van der Waals surface area contributed by atoms with Gasteiger partial charge in [-0.2, -0.15) is 5.10 Å². The molecular weight excluding hydrogens is 310 g/mol. The van der Waals surface area contributed by atoms with Gasteiger partial charge in [0, 0.05) is 17.3 Å². The molecule has 2 unspecified atom stereocenters. The first kappa shape index (κ1) is 16.1. The minimum atomic E-state index is -0.297. The van der Waals surface area contributed by atoms with E-state index in [0.29, 0.717) is 18.2 Å². The third-order valence-corrected chi connectivity index (χ3v) is 3.85. The Morgan fingerprint density at radius 2 is 2.00 bits per heavy atom. The quantitative estimate of drug-likeness (QED) is 0.449. The first-order chi connectivity index (χ1) is 8.81. The Morgan fingerprint density at radius 1 is 1.42 bits per heavy atom. The number of halogens is 1. The highest BCUT2D eigenvalue weighted by molar-refractivity contribution is 9.09. The number of nitro groups is 1. The number of alkyl halides is 1. The van der Waals surface area contributed by atoms with E-state index >= 15 is 0 Å². The molecular formula is C13H22BrN3O2. The maximum Gasteiger partial charge on any atom is 0.313 e. The Kier molecular flexibility index (Phi) is 5.52. The van der Waals surface area contributed by atoms with Crippen LogP contribution in [0.1, 0.15) is 51.4 Å². The molecule has 0 radical (unpaired) electrons. The van der Waals surface area contributed by atoms with Gasteiger partial charge in [0.15, 0.2) is 0 Å². The molecule has 108 valence electrons. The highest BCUT2D eigenvalue weighted by Crippen LogP contribution is 2.38. The van der Waals surface area contributed by atoms with Gasteiger partial charge in [-0.05, 0) is 19.3 Å². The summed E-state index contributed by atoms with van der Waals surface area (Å²) in [4.78, 5) is 11.2. The second kappa shape index (κ2) is 6.50. The molecule has 0 spiro atoms. The van der Waals surface area contributed by atoms with Gasteiger partial charge in [-0.15, -0.1) is 0 Å². The van der Waals surface area contributed by atoms with Crippen LogP contribution in [0.15, 0.2) is 0 Å². The predicted octanol–water partition coefficient (Wildman–Crippen LogP) is 4.03.